The molecule has 1 saturated heterocycles. The Morgan fingerprint density at radius 2 is 1.74 bits per heavy atom. The number of ether oxygens (including phenoxy) is 1. The monoisotopic (exact) mass is 482 g/mol. The Hall–Kier alpha value is -1.70. The first-order valence-electron chi connectivity index (χ1n) is 13.6. The first-order chi connectivity index (χ1) is 16.6. The third kappa shape index (κ3) is 5.23. The molecule has 1 spiro atoms. The third-order valence-corrected chi connectivity index (χ3v) is 8.14. The molecule has 6 nitrogen and oxygen atoms in total. The zero-order valence-electron chi connectivity index (χ0n) is 22.6. The van der Waals surface area contributed by atoms with Gasteiger partial charge >= 0.3 is 7.12 Å². The van der Waals surface area contributed by atoms with E-state index >= 15 is 0 Å². The van der Waals surface area contributed by atoms with E-state index in [1.165, 1.54) is 0 Å². The van der Waals surface area contributed by atoms with Gasteiger partial charge in [-0.3, -0.25) is 14.7 Å². The van der Waals surface area contributed by atoms with Crippen LogP contribution in [0.25, 0.3) is 0 Å². The maximum absolute atomic E-state index is 13.6. The van der Waals surface area contributed by atoms with Crippen molar-refractivity contribution in [3.05, 3.63) is 29.3 Å². The number of unbranched alkanes of at least 4 members (excludes halogenated alkanes) is 1. The molecule has 35 heavy (non-hydrogen) atoms. The van der Waals surface area contributed by atoms with E-state index in [0.717, 1.165) is 73.8 Å². The van der Waals surface area contributed by atoms with Gasteiger partial charge in [0.05, 0.1) is 24.4 Å². The van der Waals surface area contributed by atoms with Gasteiger partial charge in [-0.05, 0) is 70.0 Å². The molecule has 1 aromatic carbocycles. The number of carbonyl (C=O) groups excluding carboxylic acids is 1. The molecule has 2 aliphatic heterocycles. The fourth-order valence-electron chi connectivity index (χ4n) is 5.29. The highest BCUT2D eigenvalue weighted by Gasteiger charge is 2.52. The number of aliphatic imine (C=N–C) groups is 1. The van der Waals surface area contributed by atoms with Crippen molar-refractivity contribution in [1.82, 2.24) is 4.90 Å². The molecule has 1 saturated carbocycles. The van der Waals surface area contributed by atoms with Crippen molar-refractivity contribution in [3.8, 4) is 0 Å². The smallest absolute Gasteiger partial charge is 0.399 e. The highest BCUT2D eigenvalue weighted by molar-refractivity contribution is 6.62. The van der Waals surface area contributed by atoms with Crippen molar-refractivity contribution >= 4 is 24.3 Å². The molecule has 2 heterocycles. The lowest BCUT2D eigenvalue weighted by Gasteiger charge is -2.32. The summed E-state index contributed by atoms with van der Waals surface area (Å²) in [7, 11) is -0.439. The Morgan fingerprint density at radius 3 is 2.37 bits per heavy atom. The van der Waals surface area contributed by atoms with Crippen molar-refractivity contribution in [2.45, 2.75) is 123 Å². The normalized spacial score (nSPS) is 22.5. The van der Waals surface area contributed by atoms with E-state index in [-0.39, 0.29) is 5.91 Å². The van der Waals surface area contributed by atoms with Crippen molar-refractivity contribution in [2.75, 3.05) is 6.61 Å². The van der Waals surface area contributed by atoms with E-state index < -0.39 is 23.9 Å². The number of hydrogen-bond acceptors (Lipinski definition) is 5. The maximum Gasteiger partial charge on any atom is 0.495 e. The van der Waals surface area contributed by atoms with Crippen LogP contribution in [0.1, 0.15) is 104 Å². The van der Waals surface area contributed by atoms with Crippen LogP contribution < -0.4 is 5.46 Å². The van der Waals surface area contributed by atoms with Gasteiger partial charge < -0.3 is 14.0 Å². The molecule has 192 valence electrons. The number of hydrogen-bond donors (Lipinski definition) is 0. The lowest BCUT2D eigenvalue weighted by atomic mass is 9.75. The quantitative estimate of drug-likeness (QED) is 0.342. The lowest BCUT2D eigenvalue weighted by Crippen LogP contribution is -2.41. The summed E-state index contributed by atoms with van der Waals surface area (Å²) in [4.78, 5) is 20.6. The van der Waals surface area contributed by atoms with E-state index in [2.05, 4.69) is 59.7 Å². The summed E-state index contributed by atoms with van der Waals surface area (Å²) >= 11 is 0. The molecule has 1 aromatic rings. The molecule has 0 radical (unpaired) electrons. The average molecular weight is 482 g/mol. The number of benzene rings is 1. The van der Waals surface area contributed by atoms with E-state index in [0.29, 0.717) is 19.8 Å². The molecule has 0 N–H and O–H groups in total. The van der Waals surface area contributed by atoms with Crippen LogP contribution in [-0.2, 0) is 32.0 Å². The first kappa shape index (κ1) is 26.4. The minimum Gasteiger partial charge on any atom is -0.399 e. The van der Waals surface area contributed by atoms with E-state index in [1.54, 1.807) is 0 Å². The first-order valence-corrected chi connectivity index (χ1v) is 13.6. The van der Waals surface area contributed by atoms with Gasteiger partial charge in [0.15, 0.2) is 0 Å². The van der Waals surface area contributed by atoms with Crippen molar-refractivity contribution in [3.63, 3.8) is 0 Å². The Labute approximate surface area is 211 Å². The summed E-state index contributed by atoms with van der Waals surface area (Å²) in [6.07, 6.45) is 7.92. The molecule has 3 aliphatic rings. The fourth-order valence-corrected chi connectivity index (χ4v) is 5.29. The van der Waals surface area contributed by atoms with Crippen LogP contribution in [0.5, 0.6) is 0 Å². The van der Waals surface area contributed by atoms with Crippen LogP contribution in [0.4, 0.5) is 0 Å². The van der Waals surface area contributed by atoms with Crippen molar-refractivity contribution in [1.29, 1.82) is 0 Å². The fraction of sp³-hybridized carbons (Fsp3) is 0.714. The van der Waals surface area contributed by atoms with Crippen LogP contribution in [0.3, 0.4) is 0 Å². The number of carbonyl (C=O) groups is 1. The third-order valence-electron chi connectivity index (χ3n) is 8.14. The van der Waals surface area contributed by atoms with Gasteiger partial charge in [0.25, 0.3) is 5.91 Å². The zero-order chi connectivity index (χ0) is 25.3. The summed E-state index contributed by atoms with van der Waals surface area (Å²) < 4.78 is 18.7. The maximum atomic E-state index is 13.6. The van der Waals surface area contributed by atoms with Gasteiger partial charge in [0.1, 0.15) is 11.4 Å². The molecule has 0 unspecified atom stereocenters. The predicted octanol–water partition coefficient (Wildman–Crippen LogP) is 5.16. The minimum atomic E-state index is -0.501. The Morgan fingerprint density at radius 1 is 1.06 bits per heavy atom. The summed E-state index contributed by atoms with van der Waals surface area (Å²) in [5, 5.41) is 0. The Bertz CT molecular complexity index is 936. The zero-order valence-corrected chi connectivity index (χ0v) is 22.6. The molecule has 2 fully saturated rings. The second-order valence-corrected chi connectivity index (χ2v) is 11.4. The highest BCUT2D eigenvalue weighted by Crippen LogP contribution is 2.40. The molecule has 4 rings (SSSR count). The van der Waals surface area contributed by atoms with Crippen LogP contribution >= 0.6 is 0 Å². The van der Waals surface area contributed by atoms with Crippen molar-refractivity contribution < 1.29 is 18.8 Å². The summed E-state index contributed by atoms with van der Waals surface area (Å²) in [5.74, 6) is 1.16. The average Bonchev–Trinajstić information content (AvgIpc) is 3.44. The van der Waals surface area contributed by atoms with E-state index in [9.17, 15) is 4.79 Å². The van der Waals surface area contributed by atoms with Crippen LogP contribution in [0.2, 0.25) is 0 Å². The largest absolute Gasteiger partial charge is 0.495 e. The number of nitrogens with zero attached hydrogens (tertiary/aromatic N) is 2. The SMILES string of the molecule is CCCCC1=NC2(CCCC2)C(=O)N1Cc1ccc(B2OC(C)(C)C(C)(C)O2)c(COCCC)c1. The molecule has 0 bridgehead atoms. The Balaban J connectivity index is 1.59. The second-order valence-electron chi connectivity index (χ2n) is 11.4. The summed E-state index contributed by atoms with van der Waals surface area (Å²) in [5.41, 5.74) is 1.85. The van der Waals surface area contributed by atoms with Gasteiger partial charge in [-0.1, -0.05) is 51.3 Å². The topological polar surface area (TPSA) is 60.4 Å². The number of rotatable bonds is 10. The van der Waals surface area contributed by atoms with Crippen molar-refractivity contribution in [2.24, 2.45) is 4.99 Å². The van der Waals surface area contributed by atoms with Gasteiger partial charge in [0, 0.05) is 13.0 Å². The highest BCUT2D eigenvalue weighted by atomic mass is 16.7. The van der Waals surface area contributed by atoms with Crippen LogP contribution in [-0.4, -0.2) is 47.1 Å². The van der Waals surface area contributed by atoms with Gasteiger partial charge in [-0.15, -0.1) is 0 Å². The molecule has 0 atom stereocenters. The molecular formula is C28H43BN2O4. The van der Waals surface area contributed by atoms with Gasteiger partial charge in [-0.25, -0.2) is 0 Å². The number of amides is 1. The second kappa shape index (κ2) is 10.4. The lowest BCUT2D eigenvalue weighted by molar-refractivity contribution is -0.131. The summed E-state index contributed by atoms with van der Waals surface area (Å²) in [6.45, 7) is 14.3. The number of amidine groups is 1. The van der Waals surface area contributed by atoms with Gasteiger partial charge in [-0.2, -0.15) is 0 Å². The standard InChI is InChI=1S/C28H43BN2O4/c1-7-9-12-24-30-28(15-10-11-16-28)25(32)31(24)19-21-13-14-23(22(18-21)20-33-17-8-2)29-34-26(3,4)27(5,6)35-29/h13-14,18H,7-12,15-17,19-20H2,1-6H3. The molecule has 1 amide bonds. The molecular weight excluding hydrogens is 439 g/mol. The predicted molar refractivity (Wildman–Crippen MR) is 141 cm³/mol. The minimum absolute atomic E-state index is 0.194. The van der Waals surface area contributed by atoms with Crippen LogP contribution in [0.15, 0.2) is 23.2 Å². The molecule has 1 aliphatic carbocycles. The van der Waals surface area contributed by atoms with E-state index in [4.69, 9.17) is 19.0 Å². The molecule has 0 aromatic heterocycles. The van der Waals surface area contributed by atoms with Crippen LogP contribution in [0, 0.1) is 0 Å². The van der Waals surface area contributed by atoms with E-state index in [1.807, 2.05) is 4.90 Å². The Kier molecular flexibility index (Phi) is 7.80. The summed E-state index contributed by atoms with van der Waals surface area (Å²) in [6, 6.07) is 6.37. The molecule has 7 heteroatoms. The van der Waals surface area contributed by atoms with Gasteiger partial charge in [0.2, 0.25) is 0 Å².